The van der Waals surface area contributed by atoms with Gasteiger partial charge in [-0.2, -0.15) is 0 Å². The van der Waals surface area contributed by atoms with Gasteiger partial charge >= 0.3 is 0 Å². The van der Waals surface area contributed by atoms with Gasteiger partial charge in [0, 0.05) is 13.0 Å². The summed E-state index contributed by atoms with van der Waals surface area (Å²) in [4.78, 5) is -0.167. The van der Waals surface area contributed by atoms with Crippen molar-refractivity contribution in [2.75, 3.05) is 13.7 Å². The summed E-state index contributed by atoms with van der Waals surface area (Å²) in [6.07, 6.45) is 0.240. The Balaban J connectivity index is 2.05. The van der Waals surface area contributed by atoms with Crippen molar-refractivity contribution in [1.29, 1.82) is 0 Å². The highest BCUT2D eigenvalue weighted by atomic mass is 35.5. The third kappa shape index (κ3) is 5.40. The summed E-state index contributed by atoms with van der Waals surface area (Å²) in [5.74, 6) is -0.00981. The molecule has 2 rings (SSSR count). The maximum absolute atomic E-state index is 13.2. The van der Waals surface area contributed by atoms with Crippen LogP contribution in [0.25, 0.3) is 0 Å². The van der Waals surface area contributed by atoms with E-state index in [1.54, 1.807) is 31.4 Å². The lowest BCUT2D eigenvalue weighted by Gasteiger charge is -2.24. The molecule has 0 amide bonds. The number of hydrogen-bond donors (Lipinski definition) is 2. The molecule has 0 unspecified atom stereocenters. The minimum absolute atomic E-state index is 0.167. The lowest BCUT2D eigenvalue weighted by Crippen LogP contribution is -2.42. The van der Waals surface area contributed by atoms with Gasteiger partial charge in [0.05, 0.1) is 22.6 Å². The van der Waals surface area contributed by atoms with Crippen LogP contribution >= 0.6 is 11.6 Å². The summed E-state index contributed by atoms with van der Waals surface area (Å²) in [6, 6.07) is 10.2. The molecule has 1 atom stereocenters. The zero-order valence-corrected chi connectivity index (χ0v) is 15.4. The van der Waals surface area contributed by atoms with Crippen LogP contribution in [0.15, 0.2) is 47.4 Å². The van der Waals surface area contributed by atoms with Gasteiger partial charge in [-0.3, -0.25) is 0 Å². The van der Waals surface area contributed by atoms with Gasteiger partial charge in [0.1, 0.15) is 11.6 Å². The van der Waals surface area contributed by atoms with Crippen LogP contribution in [0.5, 0.6) is 5.75 Å². The van der Waals surface area contributed by atoms with Gasteiger partial charge in [-0.15, -0.1) is 0 Å². The van der Waals surface area contributed by atoms with E-state index in [4.69, 9.17) is 16.3 Å². The number of rotatable bonds is 7. The topological polar surface area (TPSA) is 75.6 Å². The number of benzene rings is 2. The van der Waals surface area contributed by atoms with Crippen molar-refractivity contribution >= 4 is 21.6 Å². The first-order valence-corrected chi connectivity index (χ1v) is 9.29. The third-order valence-corrected chi connectivity index (χ3v) is 5.28. The number of nitrogens with one attached hydrogen (secondary N) is 1. The van der Waals surface area contributed by atoms with Crippen molar-refractivity contribution in [3.05, 3.63) is 58.9 Å². The second-order valence-electron chi connectivity index (χ2n) is 5.92. The van der Waals surface area contributed by atoms with Gasteiger partial charge in [0.15, 0.2) is 0 Å². The molecule has 0 saturated carbocycles. The Bertz CT molecular complexity index is 838. The minimum Gasteiger partial charge on any atom is -0.497 e. The Hall–Kier alpha value is -1.67. The van der Waals surface area contributed by atoms with Crippen LogP contribution in [0.3, 0.4) is 0 Å². The normalized spacial score (nSPS) is 14.1. The lowest BCUT2D eigenvalue weighted by molar-refractivity contribution is 0.0657. The molecule has 5 nitrogen and oxygen atoms in total. The van der Waals surface area contributed by atoms with E-state index in [1.807, 2.05) is 0 Å². The Labute approximate surface area is 151 Å². The Morgan fingerprint density at radius 1 is 1.24 bits per heavy atom. The SMILES string of the molecule is COc1ccc(C[C@](C)(O)CNS(=O)(=O)c2ccc(F)c(Cl)c2)cc1. The predicted octanol–water partition coefficient (Wildman–Crippen LogP) is 2.76. The van der Waals surface area contributed by atoms with Gasteiger partial charge in [0.25, 0.3) is 0 Å². The zero-order chi connectivity index (χ0) is 18.7. The maximum Gasteiger partial charge on any atom is 0.240 e. The summed E-state index contributed by atoms with van der Waals surface area (Å²) in [7, 11) is -2.36. The maximum atomic E-state index is 13.2. The zero-order valence-electron chi connectivity index (χ0n) is 13.8. The first-order valence-electron chi connectivity index (χ1n) is 7.43. The van der Waals surface area contributed by atoms with E-state index in [9.17, 15) is 17.9 Å². The van der Waals surface area contributed by atoms with E-state index in [1.165, 1.54) is 6.92 Å². The van der Waals surface area contributed by atoms with E-state index in [0.29, 0.717) is 5.75 Å². The Kier molecular flexibility index (Phi) is 6.05. The van der Waals surface area contributed by atoms with Crippen LogP contribution in [-0.4, -0.2) is 32.8 Å². The summed E-state index contributed by atoms with van der Waals surface area (Å²) in [6.45, 7) is 1.31. The predicted molar refractivity (Wildman–Crippen MR) is 93.9 cm³/mol. The fourth-order valence-electron chi connectivity index (χ4n) is 2.22. The fourth-order valence-corrected chi connectivity index (χ4v) is 3.66. The quantitative estimate of drug-likeness (QED) is 0.766. The van der Waals surface area contributed by atoms with E-state index in [0.717, 1.165) is 23.8 Å². The van der Waals surface area contributed by atoms with E-state index in [-0.39, 0.29) is 22.9 Å². The molecule has 0 saturated heterocycles. The van der Waals surface area contributed by atoms with Gasteiger partial charge in [-0.25, -0.2) is 17.5 Å². The molecule has 0 aliphatic carbocycles. The molecule has 0 bridgehead atoms. The molecule has 0 spiro atoms. The molecule has 0 fully saturated rings. The average molecular weight is 388 g/mol. The number of hydrogen-bond acceptors (Lipinski definition) is 4. The highest BCUT2D eigenvalue weighted by molar-refractivity contribution is 7.89. The van der Waals surface area contributed by atoms with Gasteiger partial charge in [0.2, 0.25) is 10.0 Å². The van der Waals surface area contributed by atoms with Crippen LogP contribution in [0.2, 0.25) is 5.02 Å². The lowest BCUT2D eigenvalue weighted by atomic mass is 9.97. The number of sulfonamides is 1. The van der Waals surface area contributed by atoms with Gasteiger partial charge < -0.3 is 9.84 Å². The van der Waals surface area contributed by atoms with Crippen LogP contribution in [0.1, 0.15) is 12.5 Å². The molecule has 0 aromatic heterocycles. The third-order valence-electron chi connectivity index (χ3n) is 3.59. The smallest absolute Gasteiger partial charge is 0.240 e. The first kappa shape index (κ1) is 19.7. The molecule has 0 heterocycles. The summed E-state index contributed by atoms with van der Waals surface area (Å²) in [5.41, 5.74) is -0.485. The molecule has 0 radical (unpaired) electrons. The Morgan fingerprint density at radius 2 is 1.88 bits per heavy atom. The van der Waals surface area contributed by atoms with E-state index in [2.05, 4.69) is 4.72 Å². The van der Waals surface area contributed by atoms with Crippen LogP contribution in [0, 0.1) is 5.82 Å². The highest BCUT2D eigenvalue weighted by Gasteiger charge is 2.25. The van der Waals surface area contributed by atoms with E-state index >= 15 is 0 Å². The largest absolute Gasteiger partial charge is 0.497 e. The second kappa shape index (κ2) is 7.70. The van der Waals surface area contributed by atoms with E-state index < -0.39 is 21.4 Å². The standard InChI is InChI=1S/C17H19ClFNO4S/c1-17(21,10-12-3-5-13(24-2)6-4-12)11-20-25(22,23)14-7-8-16(19)15(18)9-14/h3-9,20-21H,10-11H2,1-2H3/t17-/m0/s1. The number of ether oxygens (including phenoxy) is 1. The van der Waals surface area contributed by atoms with Crippen molar-refractivity contribution in [1.82, 2.24) is 4.72 Å². The number of methoxy groups -OCH3 is 1. The number of aliphatic hydroxyl groups is 1. The summed E-state index contributed by atoms with van der Waals surface area (Å²) >= 11 is 5.62. The molecule has 136 valence electrons. The fraction of sp³-hybridized carbons (Fsp3) is 0.294. The van der Waals surface area contributed by atoms with Gasteiger partial charge in [-0.1, -0.05) is 23.7 Å². The second-order valence-corrected chi connectivity index (χ2v) is 8.10. The van der Waals surface area contributed by atoms with Crippen molar-refractivity contribution in [3.8, 4) is 5.75 Å². The van der Waals surface area contributed by atoms with Crippen LogP contribution in [0.4, 0.5) is 4.39 Å². The van der Waals surface area contributed by atoms with Crippen molar-refractivity contribution in [2.24, 2.45) is 0 Å². The molecule has 0 aliphatic heterocycles. The molecule has 0 aliphatic rings. The highest BCUT2D eigenvalue weighted by Crippen LogP contribution is 2.20. The summed E-state index contributed by atoms with van der Waals surface area (Å²) in [5, 5.41) is 10.2. The monoisotopic (exact) mass is 387 g/mol. The van der Waals surface area contributed by atoms with Crippen LogP contribution in [-0.2, 0) is 16.4 Å². The average Bonchev–Trinajstić information content (AvgIpc) is 2.56. The van der Waals surface area contributed by atoms with Gasteiger partial charge in [-0.05, 0) is 42.8 Å². The molecule has 2 aromatic carbocycles. The minimum atomic E-state index is -3.92. The molecule has 2 aromatic rings. The van der Waals surface area contributed by atoms with Crippen molar-refractivity contribution in [2.45, 2.75) is 23.8 Å². The molecule has 25 heavy (non-hydrogen) atoms. The summed E-state index contributed by atoms with van der Waals surface area (Å²) < 4.78 is 45.1. The Morgan fingerprint density at radius 3 is 2.44 bits per heavy atom. The molecular weight excluding hydrogens is 369 g/mol. The van der Waals surface area contributed by atoms with Crippen LogP contribution < -0.4 is 9.46 Å². The molecule has 8 heteroatoms. The van der Waals surface area contributed by atoms with Crippen molar-refractivity contribution < 1.29 is 22.7 Å². The molecule has 2 N–H and O–H groups in total. The molecular formula is C17H19ClFNO4S. The van der Waals surface area contributed by atoms with Crippen molar-refractivity contribution in [3.63, 3.8) is 0 Å². The number of halogens is 2. The first-order chi connectivity index (χ1) is 11.6.